The van der Waals surface area contributed by atoms with Gasteiger partial charge in [-0.25, -0.2) is 9.37 Å². The molecule has 7 heteroatoms. The third kappa shape index (κ3) is 5.06. The summed E-state index contributed by atoms with van der Waals surface area (Å²) < 4.78 is 17.8. The number of halogens is 1. The Morgan fingerprint density at radius 1 is 1.17 bits per heavy atom. The summed E-state index contributed by atoms with van der Waals surface area (Å²) in [4.78, 5) is 27.5. The first kappa shape index (κ1) is 16.4. The molecular formula is C16H16FN3O3. The summed E-state index contributed by atoms with van der Waals surface area (Å²) in [6.45, 7) is 0.128. The second kappa shape index (κ2) is 7.88. The number of pyridine rings is 1. The largest absolute Gasteiger partial charge is 0.481 e. The van der Waals surface area contributed by atoms with Gasteiger partial charge in [0.05, 0.1) is 13.7 Å². The Morgan fingerprint density at radius 3 is 2.61 bits per heavy atom. The molecule has 0 aliphatic heterocycles. The van der Waals surface area contributed by atoms with E-state index in [2.05, 4.69) is 15.6 Å². The first-order chi connectivity index (χ1) is 11.1. The number of aromatic nitrogens is 1. The van der Waals surface area contributed by atoms with Gasteiger partial charge in [0.2, 0.25) is 11.8 Å². The van der Waals surface area contributed by atoms with E-state index in [1.807, 2.05) is 0 Å². The number of benzene rings is 1. The molecule has 0 unspecified atom stereocenters. The summed E-state index contributed by atoms with van der Waals surface area (Å²) in [5.41, 5.74) is 1.12. The fraction of sp³-hybridized carbons (Fsp3) is 0.188. The highest BCUT2D eigenvalue weighted by Crippen LogP contribution is 2.07. The van der Waals surface area contributed by atoms with Crippen molar-refractivity contribution in [2.24, 2.45) is 0 Å². The van der Waals surface area contributed by atoms with Gasteiger partial charge in [-0.3, -0.25) is 9.59 Å². The van der Waals surface area contributed by atoms with Crippen LogP contribution in [-0.2, 0) is 11.3 Å². The number of ether oxygens (including phenoxy) is 1. The van der Waals surface area contributed by atoms with E-state index in [0.717, 1.165) is 5.56 Å². The molecule has 0 atom stereocenters. The molecule has 0 aliphatic carbocycles. The summed E-state index contributed by atoms with van der Waals surface area (Å²) in [5.74, 6) is -0.740. The van der Waals surface area contributed by atoms with E-state index in [1.54, 1.807) is 18.3 Å². The van der Waals surface area contributed by atoms with Crippen molar-refractivity contribution in [3.63, 3.8) is 0 Å². The molecular weight excluding hydrogens is 301 g/mol. The fourth-order valence-electron chi connectivity index (χ4n) is 1.80. The normalized spacial score (nSPS) is 10.0. The molecule has 6 nitrogen and oxygen atoms in total. The lowest BCUT2D eigenvalue weighted by molar-refractivity contribution is -0.120. The van der Waals surface area contributed by atoms with Crippen LogP contribution in [0.1, 0.15) is 15.9 Å². The van der Waals surface area contributed by atoms with Crippen LogP contribution in [0.2, 0.25) is 0 Å². The summed E-state index contributed by atoms with van der Waals surface area (Å²) in [5, 5.41) is 5.14. The number of hydrogen-bond acceptors (Lipinski definition) is 4. The lowest BCUT2D eigenvalue weighted by Gasteiger charge is -2.08. The Kier molecular flexibility index (Phi) is 5.62. The lowest BCUT2D eigenvalue weighted by atomic mass is 10.2. The minimum absolute atomic E-state index is 0.168. The first-order valence-corrected chi connectivity index (χ1v) is 6.88. The van der Waals surface area contributed by atoms with Gasteiger partial charge in [0, 0.05) is 24.4 Å². The summed E-state index contributed by atoms with van der Waals surface area (Å²) in [6.07, 6.45) is 1.58. The van der Waals surface area contributed by atoms with Crippen LogP contribution in [-0.4, -0.2) is 30.5 Å². The number of carbonyl (C=O) groups is 2. The van der Waals surface area contributed by atoms with E-state index >= 15 is 0 Å². The second-order valence-corrected chi connectivity index (χ2v) is 4.67. The molecule has 2 amide bonds. The van der Waals surface area contributed by atoms with Gasteiger partial charge >= 0.3 is 0 Å². The molecule has 120 valence electrons. The Morgan fingerprint density at radius 2 is 1.91 bits per heavy atom. The minimum Gasteiger partial charge on any atom is -0.481 e. The van der Waals surface area contributed by atoms with Crippen molar-refractivity contribution in [2.45, 2.75) is 6.54 Å². The maximum atomic E-state index is 12.8. The molecule has 0 fully saturated rings. The average molecular weight is 317 g/mol. The Bertz CT molecular complexity index is 689. The number of carbonyl (C=O) groups excluding carboxylic acids is 2. The number of nitrogens with one attached hydrogen (secondary N) is 2. The van der Waals surface area contributed by atoms with Crippen molar-refractivity contribution in [1.82, 2.24) is 15.6 Å². The number of nitrogens with zero attached hydrogens (tertiary/aromatic N) is 1. The summed E-state index contributed by atoms with van der Waals surface area (Å²) in [7, 11) is 1.51. The zero-order valence-corrected chi connectivity index (χ0v) is 12.5. The average Bonchev–Trinajstić information content (AvgIpc) is 2.58. The van der Waals surface area contributed by atoms with Crippen molar-refractivity contribution in [1.29, 1.82) is 0 Å². The topological polar surface area (TPSA) is 80.3 Å². The molecule has 0 spiro atoms. The van der Waals surface area contributed by atoms with Gasteiger partial charge in [-0.05, 0) is 35.9 Å². The minimum atomic E-state index is -0.439. The van der Waals surface area contributed by atoms with E-state index < -0.39 is 11.7 Å². The van der Waals surface area contributed by atoms with Crippen LogP contribution in [0.15, 0.2) is 42.6 Å². The van der Waals surface area contributed by atoms with Gasteiger partial charge in [-0.1, -0.05) is 0 Å². The molecule has 0 bridgehead atoms. The monoisotopic (exact) mass is 317 g/mol. The predicted molar refractivity (Wildman–Crippen MR) is 81.4 cm³/mol. The molecule has 1 aromatic heterocycles. The molecule has 0 aliphatic rings. The van der Waals surface area contributed by atoms with E-state index in [-0.39, 0.29) is 18.0 Å². The first-order valence-electron chi connectivity index (χ1n) is 6.88. The smallest absolute Gasteiger partial charge is 0.251 e. The van der Waals surface area contributed by atoms with Crippen LogP contribution in [0, 0.1) is 5.82 Å². The molecule has 0 radical (unpaired) electrons. The van der Waals surface area contributed by atoms with Crippen LogP contribution in [0.4, 0.5) is 4.39 Å². The highest BCUT2D eigenvalue weighted by molar-refractivity contribution is 5.96. The zero-order chi connectivity index (χ0) is 16.7. The molecule has 1 heterocycles. The Balaban J connectivity index is 1.78. The van der Waals surface area contributed by atoms with Gasteiger partial charge in [-0.15, -0.1) is 0 Å². The Hall–Kier alpha value is -2.96. The maximum Gasteiger partial charge on any atom is 0.251 e. The van der Waals surface area contributed by atoms with Gasteiger partial charge in [-0.2, -0.15) is 0 Å². The summed E-state index contributed by atoms with van der Waals surface area (Å²) >= 11 is 0. The predicted octanol–water partition coefficient (Wildman–Crippen LogP) is 1.28. The van der Waals surface area contributed by atoms with E-state index in [9.17, 15) is 14.0 Å². The number of methoxy groups -OCH3 is 1. The van der Waals surface area contributed by atoms with Crippen molar-refractivity contribution < 1.29 is 18.7 Å². The van der Waals surface area contributed by atoms with Crippen LogP contribution < -0.4 is 15.4 Å². The van der Waals surface area contributed by atoms with E-state index in [4.69, 9.17) is 4.74 Å². The van der Waals surface area contributed by atoms with Gasteiger partial charge in [0.25, 0.3) is 5.91 Å². The highest BCUT2D eigenvalue weighted by Gasteiger charge is 2.08. The lowest BCUT2D eigenvalue weighted by Crippen LogP contribution is -2.36. The Labute approximate surface area is 132 Å². The molecule has 2 rings (SSSR count). The van der Waals surface area contributed by atoms with Gasteiger partial charge in [0.1, 0.15) is 5.82 Å². The molecule has 23 heavy (non-hydrogen) atoms. The molecule has 2 N–H and O–H groups in total. The van der Waals surface area contributed by atoms with Crippen molar-refractivity contribution >= 4 is 11.8 Å². The molecule has 2 aromatic rings. The standard InChI is InChI=1S/C16H16FN3O3/c1-23-15-8-11(6-7-18-15)9-19-14(21)10-20-16(22)12-2-4-13(17)5-3-12/h2-8H,9-10H2,1H3,(H,19,21)(H,20,22). The zero-order valence-electron chi connectivity index (χ0n) is 12.5. The fourth-order valence-corrected chi connectivity index (χ4v) is 1.80. The van der Waals surface area contributed by atoms with E-state index in [1.165, 1.54) is 31.4 Å². The number of rotatable bonds is 6. The van der Waals surface area contributed by atoms with E-state index in [0.29, 0.717) is 12.4 Å². The van der Waals surface area contributed by atoms with Gasteiger partial charge < -0.3 is 15.4 Å². The van der Waals surface area contributed by atoms with Crippen molar-refractivity contribution in [2.75, 3.05) is 13.7 Å². The third-order valence-electron chi connectivity index (χ3n) is 3.01. The molecule has 0 saturated heterocycles. The van der Waals surface area contributed by atoms with Crippen LogP contribution in [0.25, 0.3) is 0 Å². The SMILES string of the molecule is COc1cc(CNC(=O)CNC(=O)c2ccc(F)cc2)ccn1. The molecule has 0 saturated carbocycles. The maximum absolute atomic E-state index is 12.8. The number of amides is 2. The third-order valence-corrected chi connectivity index (χ3v) is 3.01. The van der Waals surface area contributed by atoms with Crippen molar-refractivity contribution in [3.8, 4) is 5.88 Å². The number of hydrogen-bond donors (Lipinski definition) is 2. The van der Waals surface area contributed by atoms with Crippen molar-refractivity contribution in [3.05, 3.63) is 59.5 Å². The summed E-state index contributed by atoms with van der Waals surface area (Å²) in [6, 6.07) is 8.53. The molecule has 1 aromatic carbocycles. The van der Waals surface area contributed by atoms with Crippen LogP contribution in [0.3, 0.4) is 0 Å². The van der Waals surface area contributed by atoms with Crippen LogP contribution in [0.5, 0.6) is 5.88 Å². The van der Waals surface area contributed by atoms with Gasteiger partial charge in [0.15, 0.2) is 0 Å². The van der Waals surface area contributed by atoms with Crippen LogP contribution >= 0.6 is 0 Å². The highest BCUT2D eigenvalue weighted by atomic mass is 19.1. The quantitative estimate of drug-likeness (QED) is 0.841. The second-order valence-electron chi connectivity index (χ2n) is 4.67.